The minimum absolute atomic E-state index is 0.163. The van der Waals surface area contributed by atoms with Crippen molar-refractivity contribution in [3.63, 3.8) is 0 Å². The van der Waals surface area contributed by atoms with Gasteiger partial charge in [-0.25, -0.2) is 0 Å². The number of ether oxygens (including phenoxy) is 1. The zero-order chi connectivity index (χ0) is 24.7. The second-order valence-corrected chi connectivity index (χ2v) is 10.9. The van der Waals surface area contributed by atoms with Crippen LogP contribution in [0.3, 0.4) is 0 Å². The van der Waals surface area contributed by atoms with Crippen LogP contribution in [0.5, 0.6) is 0 Å². The Morgan fingerprint density at radius 1 is 0.788 bits per heavy atom. The van der Waals surface area contributed by atoms with Crippen LogP contribution in [0.25, 0.3) is 0 Å². The summed E-state index contributed by atoms with van der Waals surface area (Å²) in [6.45, 7) is 16.0. The van der Waals surface area contributed by atoms with Crippen LogP contribution in [0.1, 0.15) is 98.3 Å². The first-order valence-corrected chi connectivity index (χ1v) is 12.6. The fourth-order valence-corrected chi connectivity index (χ4v) is 5.99. The average molecular weight is 461 g/mol. The van der Waals surface area contributed by atoms with Gasteiger partial charge in [-0.05, 0) is 52.7 Å². The molecule has 0 bridgehead atoms. The Labute approximate surface area is 200 Å². The minimum Gasteiger partial charge on any atom is -0.365 e. The second-order valence-electron chi connectivity index (χ2n) is 10.9. The highest BCUT2D eigenvalue weighted by Gasteiger charge is 2.58. The first kappa shape index (κ1) is 27.3. The normalized spacial score (nSPS) is 24.4. The molecule has 2 aliphatic rings. The standard InChI is InChI=1S/C27H44N2O4/c1-7-22(30)28-18-16-14-12-10-9-11-13-15-17-19-33-27(24(28)32)20-25(3,4)29(23(31)8-2)26(5,6)21-27/h7-8H,1-2,9-21H2,3-6H3. The van der Waals surface area contributed by atoms with Crippen molar-refractivity contribution in [1.82, 2.24) is 9.80 Å². The fraction of sp³-hybridized carbons (Fsp3) is 0.741. The lowest BCUT2D eigenvalue weighted by Gasteiger charge is -2.58. The third kappa shape index (κ3) is 6.56. The van der Waals surface area contributed by atoms with E-state index in [-0.39, 0.29) is 17.7 Å². The van der Waals surface area contributed by atoms with Crippen LogP contribution in [0.15, 0.2) is 25.3 Å². The maximum Gasteiger partial charge on any atom is 0.261 e. The third-order valence-corrected chi connectivity index (χ3v) is 7.02. The Hall–Kier alpha value is -1.95. The van der Waals surface area contributed by atoms with Gasteiger partial charge in [0.05, 0.1) is 0 Å². The highest BCUT2D eigenvalue weighted by molar-refractivity contribution is 6.04. The molecule has 0 unspecified atom stereocenters. The van der Waals surface area contributed by atoms with Crippen LogP contribution in [0.2, 0.25) is 0 Å². The Morgan fingerprint density at radius 2 is 1.24 bits per heavy atom. The molecule has 0 N–H and O–H groups in total. The van der Waals surface area contributed by atoms with Gasteiger partial charge in [-0.3, -0.25) is 19.3 Å². The van der Waals surface area contributed by atoms with E-state index in [1.807, 2.05) is 32.6 Å². The van der Waals surface area contributed by atoms with Crippen molar-refractivity contribution in [2.75, 3.05) is 13.2 Å². The monoisotopic (exact) mass is 460 g/mol. The third-order valence-electron chi connectivity index (χ3n) is 7.02. The summed E-state index contributed by atoms with van der Waals surface area (Å²) in [5.74, 6) is -0.843. The predicted octanol–water partition coefficient (Wildman–Crippen LogP) is 5.17. The first-order valence-electron chi connectivity index (χ1n) is 12.6. The van der Waals surface area contributed by atoms with Gasteiger partial charge in [0.1, 0.15) is 0 Å². The lowest BCUT2D eigenvalue weighted by atomic mass is 9.69. The topological polar surface area (TPSA) is 66.9 Å². The lowest BCUT2D eigenvalue weighted by molar-refractivity contribution is -0.193. The number of likely N-dealkylation sites (tertiary alicyclic amines) is 1. The van der Waals surface area contributed by atoms with Crippen molar-refractivity contribution in [1.29, 1.82) is 0 Å². The zero-order valence-corrected chi connectivity index (χ0v) is 21.3. The average Bonchev–Trinajstić information content (AvgIpc) is 2.74. The number of carbonyl (C=O) groups excluding carboxylic acids is 3. The smallest absolute Gasteiger partial charge is 0.261 e. The van der Waals surface area contributed by atoms with Gasteiger partial charge >= 0.3 is 0 Å². The van der Waals surface area contributed by atoms with E-state index in [0.717, 1.165) is 32.1 Å². The summed E-state index contributed by atoms with van der Waals surface area (Å²) in [5, 5.41) is 0. The summed E-state index contributed by atoms with van der Waals surface area (Å²) < 4.78 is 6.48. The van der Waals surface area contributed by atoms with E-state index in [9.17, 15) is 14.4 Å². The quantitative estimate of drug-likeness (QED) is 0.533. The zero-order valence-electron chi connectivity index (χ0n) is 21.3. The van der Waals surface area contributed by atoms with Gasteiger partial charge in [-0.15, -0.1) is 0 Å². The molecular formula is C27H44N2O4. The summed E-state index contributed by atoms with van der Waals surface area (Å²) in [5.41, 5.74) is -2.49. The largest absolute Gasteiger partial charge is 0.365 e. The Balaban J connectivity index is 2.46. The maximum atomic E-state index is 14.1. The number of hydrogen-bond acceptors (Lipinski definition) is 4. The molecule has 2 fully saturated rings. The summed E-state index contributed by atoms with van der Waals surface area (Å²) >= 11 is 0. The van der Waals surface area contributed by atoms with Crippen LogP contribution in [-0.4, -0.2) is 57.4 Å². The molecule has 0 aromatic heterocycles. The molecule has 0 saturated carbocycles. The molecule has 2 rings (SSSR count). The molecule has 0 aliphatic carbocycles. The van der Waals surface area contributed by atoms with Gasteiger partial charge in [0.25, 0.3) is 11.8 Å². The highest BCUT2D eigenvalue weighted by atomic mass is 16.5. The van der Waals surface area contributed by atoms with Crippen molar-refractivity contribution in [3.05, 3.63) is 25.3 Å². The number of piperidine rings is 1. The van der Waals surface area contributed by atoms with E-state index >= 15 is 0 Å². The van der Waals surface area contributed by atoms with Gasteiger partial charge < -0.3 is 9.64 Å². The molecule has 0 aromatic carbocycles. The number of amides is 3. The molecular weight excluding hydrogens is 416 g/mol. The molecule has 6 nitrogen and oxygen atoms in total. The number of carbonyl (C=O) groups is 3. The first-order chi connectivity index (χ1) is 15.5. The Morgan fingerprint density at radius 3 is 1.73 bits per heavy atom. The Kier molecular flexibility index (Phi) is 9.48. The molecule has 2 heterocycles. The van der Waals surface area contributed by atoms with Crippen molar-refractivity contribution in [2.24, 2.45) is 0 Å². The minimum atomic E-state index is -1.18. The van der Waals surface area contributed by atoms with E-state index < -0.39 is 16.7 Å². The summed E-state index contributed by atoms with van der Waals surface area (Å²) in [4.78, 5) is 42.8. The molecule has 0 radical (unpaired) electrons. The van der Waals surface area contributed by atoms with Crippen LogP contribution < -0.4 is 0 Å². The summed E-state index contributed by atoms with van der Waals surface area (Å²) in [7, 11) is 0. The number of imide groups is 1. The van der Waals surface area contributed by atoms with Gasteiger partial charge in [0.15, 0.2) is 5.60 Å². The van der Waals surface area contributed by atoms with Crippen molar-refractivity contribution < 1.29 is 19.1 Å². The second kappa shape index (κ2) is 11.5. The van der Waals surface area contributed by atoms with Crippen molar-refractivity contribution in [3.8, 4) is 0 Å². The number of hydrogen-bond donors (Lipinski definition) is 0. The van der Waals surface area contributed by atoms with Crippen LogP contribution in [0.4, 0.5) is 0 Å². The summed E-state index contributed by atoms with van der Waals surface area (Å²) in [6, 6.07) is 0. The molecule has 33 heavy (non-hydrogen) atoms. The van der Waals surface area contributed by atoms with Crippen LogP contribution in [-0.2, 0) is 19.1 Å². The van der Waals surface area contributed by atoms with Crippen molar-refractivity contribution in [2.45, 2.75) is 115 Å². The summed E-state index contributed by atoms with van der Waals surface area (Å²) in [6.07, 6.45) is 12.8. The van der Waals surface area contributed by atoms with Crippen LogP contribution >= 0.6 is 0 Å². The predicted molar refractivity (Wildman–Crippen MR) is 132 cm³/mol. The highest BCUT2D eigenvalue weighted by Crippen LogP contribution is 2.46. The van der Waals surface area contributed by atoms with Gasteiger partial charge in [0.2, 0.25) is 5.91 Å². The number of nitrogens with zero attached hydrogens (tertiary/aromatic N) is 2. The fourth-order valence-electron chi connectivity index (χ4n) is 5.99. The molecule has 186 valence electrons. The molecule has 2 saturated heterocycles. The Bertz CT molecular complexity index is 722. The van der Waals surface area contributed by atoms with E-state index in [1.165, 1.54) is 42.7 Å². The number of rotatable bonds is 2. The molecule has 3 amide bonds. The van der Waals surface area contributed by atoms with E-state index in [1.54, 1.807) is 0 Å². The molecule has 0 atom stereocenters. The van der Waals surface area contributed by atoms with Crippen molar-refractivity contribution >= 4 is 17.7 Å². The van der Waals surface area contributed by atoms with E-state index in [0.29, 0.717) is 26.0 Å². The van der Waals surface area contributed by atoms with E-state index in [2.05, 4.69) is 13.2 Å². The van der Waals surface area contributed by atoms with E-state index in [4.69, 9.17) is 4.74 Å². The lowest BCUT2D eigenvalue weighted by Crippen LogP contribution is -2.70. The molecule has 6 heteroatoms. The van der Waals surface area contributed by atoms with Gasteiger partial charge in [-0.2, -0.15) is 0 Å². The SMILES string of the molecule is C=CC(=O)N1CCCCCCCCCCCOC2(CC(C)(C)N(C(=O)C=C)C(C)(C)C2)C1=O. The van der Waals surface area contributed by atoms with Crippen LogP contribution in [0, 0.1) is 0 Å². The van der Waals surface area contributed by atoms with Gasteiger partial charge in [0, 0.05) is 37.1 Å². The molecule has 1 spiro atoms. The van der Waals surface area contributed by atoms with Gasteiger partial charge in [-0.1, -0.05) is 58.1 Å². The molecule has 0 aromatic rings. The maximum absolute atomic E-state index is 14.1. The molecule has 2 aliphatic heterocycles.